The maximum absolute atomic E-state index is 6.39. The van der Waals surface area contributed by atoms with Crippen molar-refractivity contribution in [2.75, 3.05) is 19.0 Å². The van der Waals surface area contributed by atoms with Crippen molar-refractivity contribution in [3.8, 4) is 0 Å². The van der Waals surface area contributed by atoms with Gasteiger partial charge in [0.2, 0.25) is 0 Å². The van der Waals surface area contributed by atoms with Gasteiger partial charge in [0.15, 0.2) is 0 Å². The number of halogens is 1. The highest BCUT2D eigenvalue weighted by molar-refractivity contribution is 6.33. The normalized spacial score (nSPS) is 10.6. The van der Waals surface area contributed by atoms with Gasteiger partial charge >= 0.3 is 0 Å². The summed E-state index contributed by atoms with van der Waals surface area (Å²) in [6.07, 6.45) is 0. The maximum Gasteiger partial charge on any atom is 0.0642 e. The zero-order chi connectivity index (χ0) is 14.5. The minimum Gasteiger partial charge on any atom is -0.369 e. The Morgan fingerprint density at radius 2 is 1.90 bits per heavy atom. The molecule has 106 valence electrons. The van der Waals surface area contributed by atoms with Crippen LogP contribution < -0.4 is 10.2 Å². The molecule has 0 aliphatic rings. The van der Waals surface area contributed by atoms with Crippen LogP contribution in [0.1, 0.15) is 16.7 Å². The molecule has 0 heterocycles. The molecule has 2 aromatic carbocycles. The molecule has 0 aliphatic carbocycles. The van der Waals surface area contributed by atoms with Gasteiger partial charge in [-0.2, -0.15) is 0 Å². The monoisotopic (exact) mass is 288 g/mol. The van der Waals surface area contributed by atoms with Crippen LogP contribution in [-0.2, 0) is 13.1 Å². The molecule has 2 nitrogen and oxygen atoms in total. The highest BCUT2D eigenvalue weighted by Gasteiger charge is 2.11. The Morgan fingerprint density at radius 1 is 1.15 bits per heavy atom. The van der Waals surface area contributed by atoms with Crippen molar-refractivity contribution < 1.29 is 0 Å². The number of hydrogen-bond donors (Lipinski definition) is 1. The molecule has 0 unspecified atom stereocenters. The summed E-state index contributed by atoms with van der Waals surface area (Å²) in [5.41, 5.74) is 4.90. The maximum atomic E-state index is 6.39. The first-order valence-electron chi connectivity index (χ1n) is 6.80. The summed E-state index contributed by atoms with van der Waals surface area (Å²) in [5, 5.41) is 3.99. The van der Waals surface area contributed by atoms with Crippen molar-refractivity contribution in [3.05, 3.63) is 64.2 Å². The number of benzene rings is 2. The Labute approximate surface area is 126 Å². The Bertz CT molecular complexity index is 581. The second-order valence-electron chi connectivity index (χ2n) is 5.12. The lowest BCUT2D eigenvalue weighted by molar-refractivity contribution is 0.805. The third-order valence-corrected chi connectivity index (χ3v) is 3.63. The summed E-state index contributed by atoms with van der Waals surface area (Å²) in [7, 11) is 4.04. The van der Waals surface area contributed by atoms with E-state index in [0.717, 1.165) is 23.8 Å². The number of nitrogens with zero attached hydrogens (tertiary/aromatic N) is 1. The molecule has 0 saturated heterocycles. The predicted molar refractivity (Wildman–Crippen MR) is 87.5 cm³/mol. The average molecular weight is 289 g/mol. The fraction of sp³-hybridized carbons (Fsp3) is 0.294. The third-order valence-electron chi connectivity index (χ3n) is 3.32. The summed E-state index contributed by atoms with van der Waals surface area (Å²) in [6.45, 7) is 3.78. The molecule has 0 aliphatic heterocycles. The Morgan fingerprint density at radius 3 is 2.60 bits per heavy atom. The number of aryl methyl sites for hydroxylation is 1. The van der Waals surface area contributed by atoms with Crippen LogP contribution in [0.5, 0.6) is 0 Å². The molecule has 0 amide bonds. The van der Waals surface area contributed by atoms with Crippen LogP contribution in [0.2, 0.25) is 5.02 Å². The van der Waals surface area contributed by atoms with E-state index >= 15 is 0 Å². The first-order valence-corrected chi connectivity index (χ1v) is 7.18. The van der Waals surface area contributed by atoms with Gasteiger partial charge in [-0.1, -0.05) is 53.6 Å². The van der Waals surface area contributed by atoms with E-state index in [-0.39, 0.29) is 0 Å². The van der Waals surface area contributed by atoms with Crippen molar-refractivity contribution >= 4 is 17.3 Å². The van der Waals surface area contributed by atoms with Crippen LogP contribution in [0.15, 0.2) is 42.5 Å². The molecule has 0 fully saturated rings. The molecule has 2 rings (SSSR count). The van der Waals surface area contributed by atoms with Crippen molar-refractivity contribution in [2.45, 2.75) is 20.0 Å². The quantitative estimate of drug-likeness (QED) is 0.894. The second kappa shape index (κ2) is 6.78. The van der Waals surface area contributed by atoms with Gasteiger partial charge in [0, 0.05) is 20.1 Å². The highest BCUT2D eigenvalue weighted by Crippen LogP contribution is 2.30. The molecule has 0 saturated carbocycles. The lowest BCUT2D eigenvalue weighted by atomic mass is 10.1. The minimum atomic E-state index is 0.799. The van der Waals surface area contributed by atoms with Gasteiger partial charge in [-0.25, -0.2) is 0 Å². The minimum absolute atomic E-state index is 0.799. The summed E-state index contributed by atoms with van der Waals surface area (Å²) in [5.74, 6) is 0. The highest BCUT2D eigenvalue weighted by atomic mass is 35.5. The van der Waals surface area contributed by atoms with Gasteiger partial charge in [0.05, 0.1) is 10.7 Å². The number of rotatable bonds is 5. The van der Waals surface area contributed by atoms with Gasteiger partial charge < -0.3 is 10.2 Å². The number of nitrogens with one attached hydrogen (secondary N) is 1. The van der Waals surface area contributed by atoms with E-state index in [1.165, 1.54) is 16.7 Å². The molecule has 2 aromatic rings. The van der Waals surface area contributed by atoms with Gasteiger partial charge in [-0.15, -0.1) is 0 Å². The topological polar surface area (TPSA) is 15.3 Å². The lowest BCUT2D eigenvalue weighted by Crippen LogP contribution is -2.20. The zero-order valence-corrected chi connectivity index (χ0v) is 13.0. The SMILES string of the molecule is CNCc1cccc(Cl)c1N(C)Cc1cccc(C)c1. The summed E-state index contributed by atoms with van der Waals surface area (Å²) < 4.78 is 0. The number of anilines is 1. The first-order chi connectivity index (χ1) is 9.61. The van der Waals surface area contributed by atoms with Gasteiger partial charge in [0.1, 0.15) is 0 Å². The van der Waals surface area contributed by atoms with Crippen molar-refractivity contribution in [1.29, 1.82) is 0 Å². The Kier molecular flexibility index (Phi) is 5.05. The molecule has 20 heavy (non-hydrogen) atoms. The van der Waals surface area contributed by atoms with Crippen LogP contribution in [0.4, 0.5) is 5.69 Å². The Hall–Kier alpha value is -1.51. The average Bonchev–Trinajstić information content (AvgIpc) is 2.39. The Balaban J connectivity index is 2.26. The molecule has 0 radical (unpaired) electrons. The molecule has 0 bridgehead atoms. The standard InChI is InChI=1S/C17H21ClN2/c1-13-6-4-7-14(10-13)12-20(3)17-15(11-19-2)8-5-9-16(17)18/h4-10,19H,11-12H2,1-3H3. The molecule has 3 heteroatoms. The van der Waals surface area contributed by atoms with Gasteiger partial charge in [-0.3, -0.25) is 0 Å². The molecular weight excluding hydrogens is 268 g/mol. The van der Waals surface area contributed by atoms with E-state index in [9.17, 15) is 0 Å². The molecule has 0 atom stereocenters. The smallest absolute Gasteiger partial charge is 0.0642 e. The molecule has 0 aromatic heterocycles. The second-order valence-corrected chi connectivity index (χ2v) is 5.53. The zero-order valence-electron chi connectivity index (χ0n) is 12.3. The van der Waals surface area contributed by atoms with Crippen LogP contribution >= 0.6 is 11.6 Å². The van der Waals surface area contributed by atoms with Gasteiger partial charge in [-0.05, 0) is 31.2 Å². The van der Waals surface area contributed by atoms with E-state index in [4.69, 9.17) is 11.6 Å². The van der Waals surface area contributed by atoms with Crippen molar-refractivity contribution in [3.63, 3.8) is 0 Å². The van der Waals surface area contributed by atoms with Crippen molar-refractivity contribution in [1.82, 2.24) is 5.32 Å². The van der Waals surface area contributed by atoms with E-state index < -0.39 is 0 Å². The van der Waals surface area contributed by atoms with Crippen LogP contribution in [0, 0.1) is 6.92 Å². The van der Waals surface area contributed by atoms with E-state index in [0.29, 0.717) is 0 Å². The lowest BCUT2D eigenvalue weighted by Gasteiger charge is -2.24. The number of hydrogen-bond acceptors (Lipinski definition) is 2. The first kappa shape index (κ1) is 14.9. The number of para-hydroxylation sites is 1. The van der Waals surface area contributed by atoms with Crippen LogP contribution in [-0.4, -0.2) is 14.1 Å². The van der Waals surface area contributed by atoms with E-state index in [1.807, 2.05) is 19.2 Å². The predicted octanol–water partition coefficient (Wildman–Crippen LogP) is 4.00. The van der Waals surface area contributed by atoms with Crippen molar-refractivity contribution in [2.24, 2.45) is 0 Å². The van der Waals surface area contributed by atoms with Crippen LogP contribution in [0.25, 0.3) is 0 Å². The fourth-order valence-corrected chi connectivity index (χ4v) is 2.82. The third kappa shape index (κ3) is 3.53. The summed E-state index contributed by atoms with van der Waals surface area (Å²) >= 11 is 6.39. The van der Waals surface area contributed by atoms with Gasteiger partial charge in [0.25, 0.3) is 0 Å². The fourth-order valence-electron chi connectivity index (χ4n) is 2.48. The molecule has 0 spiro atoms. The van der Waals surface area contributed by atoms with Crippen LogP contribution in [0.3, 0.4) is 0 Å². The molecular formula is C17H21ClN2. The van der Waals surface area contributed by atoms with E-state index in [1.54, 1.807) is 0 Å². The van der Waals surface area contributed by atoms with E-state index in [2.05, 4.69) is 54.5 Å². The largest absolute Gasteiger partial charge is 0.369 e. The summed E-state index contributed by atoms with van der Waals surface area (Å²) in [4.78, 5) is 2.21. The summed E-state index contributed by atoms with van der Waals surface area (Å²) in [6, 6.07) is 14.6. The molecule has 1 N–H and O–H groups in total.